The van der Waals surface area contributed by atoms with Crippen LogP contribution in [-0.2, 0) is 99.7 Å². The molecule has 45 atom stereocenters. The lowest BCUT2D eigenvalue weighted by molar-refractivity contribution is -0.396. The molecule has 9 saturated heterocycles. The molecule has 0 aromatic heterocycles. The number of hydrogen-bond acceptors (Lipinski definition) is 45. The molecule has 9 aliphatic rings. The summed E-state index contributed by atoms with van der Waals surface area (Å²) in [5, 5.41) is 276. The van der Waals surface area contributed by atoms with Crippen molar-refractivity contribution in [2.45, 2.75) is 311 Å². The van der Waals surface area contributed by atoms with Gasteiger partial charge in [0.05, 0.1) is 59.0 Å². The number of hydrogen-bond donors (Lipinski definition) is 28. The maximum atomic E-state index is 13.2. The largest absolute Gasteiger partial charge is 0.394 e. The highest BCUT2D eigenvalue weighted by molar-refractivity contribution is 5.74. The lowest BCUT2D eigenvalue weighted by Crippen LogP contribution is -2.71. The molecule has 0 aromatic carbocycles. The van der Waals surface area contributed by atoms with E-state index in [2.05, 4.69) is 21.3 Å². The minimum Gasteiger partial charge on any atom is -0.394 e. The molecule has 0 aromatic rings. The third-order valence-corrected chi connectivity index (χ3v) is 20.3. The predicted octanol–water partition coefficient (Wildman–Crippen LogP) is -19.0. The lowest BCUT2D eigenvalue weighted by atomic mass is 9.93. The van der Waals surface area contributed by atoms with Crippen molar-refractivity contribution in [2.24, 2.45) is 0 Å². The molecule has 111 heavy (non-hydrogen) atoms. The summed E-state index contributed by atoms with van der Waals surface area (Å²) in [6.45, 7) is -3.36. The van der Waals surface area contributed by atoms with Crippen molar-refractivity contribution in [3.05, 3.63) is 0 Å². The predicted molar refractivity (Wildman–Crippen MR) is 342 cm³/mol. The van der Waals surface area contributed by atoms with E-state index in [-0.39, 0.29) is 0 Å². The summed E-state index contributed by atoms with van der Waals surface area (Å²) >= 11 is 0. The van der Waals surface area contributed by atoms with Crippen LogP contribution in [0.2, 0.25) is 0 Å². The monoisotopic (exact) mass is 1620 g/mol. The van der Waals surface area contributed by atoms with Crippen molar-refractivity contribution in [2.75, 3.05) is 52.9 Å². The van der Waals surface area contributed by atoms with E-state index in [1.54, 1.807) is 0 Å². The number of aliphatic hydroxyl groups excluding tert-OH is 24. The van der Waals surface area contributed by atoms with Crippen LogP contribution in [0, 0.1) is 0 Å². The normalized spacial score (nSPS) is 49.3. The Balaban J connectivity index is 1.05. The smallest absolute Gasteiger partial charge is 0.217 e. The molecule has 0 saturated carbocycles. The van der Waals surface area contributed by atoms with Crippen LogP contribution in [0.15, 0.2) is 0 Å². The molecule has 28 N–H and O–H groups in total. The highest BCUT2D eigenvalue weighted by atomic mass is 16.8. The second-order valence-electron chi connectivity index (χ2n) is 28.2. The van der Waals surface area contributed by atoms with Gasteiger partial charge in [0.1, 0.15) is 213 Å². The van der Waals surface area contributed by atoms with Crippen molar-refractivity contribution < 1.29 is 222 Å². The van der Waals surface area contributed by atoms with E-state index >= 15 is 0 Å². The molecule has 0 radical (unpaired) electrons. The van der Waals surface area contributed by atoms with Gasteiger partial charge in [-0.25, -0.2) is 0 Å². The quantitative estimate of drug-likeness (QED) is 0.0346. The highest BCUT2D eigenvalue weighted by Crippen LogP contribution is 2.40. The van der Waals surface area contributed by atoms with Gasteiger partial charge in [0.15, 0.2) is 56.6 Å². The molecule has 0 unspecified atom stereocenters. The summed E-state index contributed by atoms with van der Waals surface area (Å²) < 4.78 is 101. The Bertz CT molecular complexity index is 2950. The zero-order valence-electron chi connectivity index (χ0n) is 59.9. The van der Waals surface area contributed by atoms with Crippen molar-refractivity contribution in [3.8, 4) is 0 Å². The molecule has 0 spiro atoms. The van der Waals surface area contributed by atoms with Crippen molar-refractivity contribution >= 4 is 23.6 Å². The van der Waals surface area contributed by atoms with E-state index in [0.717, 1.165) is 27.7 Å². The third-order valence-electron chi connectivity index (χ3n) is 20.3. The maximum Gasteiger partial charge on any atom is 0.217 e. The van der Waals surface area contributed by atoms with Crippen LogP contribution >= 0.6 is 0 Å². The minimum atomic E-state index is -2.55. The summed E-state index contributed by atoms with van der Waals surface area (Å²) in [5.41, 5.74) is 0. The zero-order valence-corrected chi connectivity index (χ0v) is 59.9. The van der Waals surface area contributed by atoms with E-state index < -0.39 is 353 Å². The second kappa shape index (κ2) is 39.7. The standard InChI is InChI=1S/C62H104N4O45/c1-14-31(77)41(87)45(91)58(97-14)95-13-26-50(38(84)27(54(94)98-26)63-15(2)73)106-56-29(65-17(4)75)39(85)49(24(11-72)103-56)108-60-47(93)51(109-62-53(44(90)35(81)22(9-70)102-62)111-55-28(64-16(3)74)37(83)32(78)19(6-67)99-55)36(82)25(105-60)12-96-61-52(43(89)34(80)21(8-69)101-61)110-57-30(66-18(5)76)40(86)48(23(10-71)104-57)107-59-46(92)42(88)33(79)20(7-68)100-59/h14,19-62,67-72,77-94H,6-13H2,1-5H3,(H,63,73)(H,64,74)(H,65,75)(H,66,76)/t14-,19+,20+,21+,22+,23+,24+,25+,26+,27+,28+,29+,30+,31+,32+,33-,34+,35+,36+,37+,38+,39+,40+,41+,42-,43-,44-,45-,46+,47-,48+,49+,50+,51-,52-,53-,54+,55-,56-,57-,58-,59-,60-,61-,62+/m0/s1. The maximum absolute atomic E-state index is 13.2. The first-order valence-electron chi connectivity index (χ1n) is 35.5. The first kappa shape index (κ1) is 91.1. The molecule has 0 bridgehead atoms. The van der Waals surface area contributed by atoms with Gasteiger partial charge in [-0.05, 0) is 6.92 Å². The van der Waals surface area contributed by atoms with Gasteiger partial charge >= 0.3 is 0 Å². The van der Waals surface area contributed by atoms with Crippen LogP contribution in [0.25, 0.3) is 0 Å². The summed E-state index contributed by atoms with van der Waals surface area (Å²) in [6, 6.07) is -7.39. The summed E-state index contributed by atoms with van der Waals surface area (Å²) in [6.07, 6.45) is -83.2. The van der Waals surface area contributed by atoms with Crippen LogP contribution in [0.3, 0.4) is 0 Å². The minimum absolute atomic E-state index is 0.827. The average molecular weight is 1630 g/mol. The summed E-state index contributed by atoms with van der Waals surface area (Å²) in [5.74, 6) is -3.59. The molecule has 49 heteroatoms. The highest BCUT2D eigenvalue weighted by Gasteiger charge is 2.61. The Kier molecular flexibility index (Phi) is 32.6. The fourth-order valence-electron chi connectivity index (χ4n) is 14.3. The Morgan fingerprint density at radius 3 is 1.03 bits per heavy atom. The number of carbonyl (C=O) groups is 4. The van der Waals surface area contributed by atoms with E-state index in [1.165, 1.54) is 6.92 Å². The zero-order chi connectivity index (χ0) is 81.8. The van der Waals surface area contributed by atoms with Crippen LogP contribution in [0.1, 0.15) is 34.6 Å². The van der Waals surface area contributed by atoms with Gasteiger partial charge in [-0.3, -0.25) is 19.2 Å². The second-order valence-corrected chi connectivity index (χ2v) is 28.2. The number of ether oxygens (including phenoxy) is 17. The molecular formula is C62H104N4O45. The third kappa shape index (κ3) is 20.3. The van der Waals surface area contributed by atoms with E-state index in [1.807, 2.05) is 0 Å². The molecule has 4 amide bonds. The van der Waals surface area contributed by atoms with Gasteiger partial charge in [-0.1, -0.05) is 0 Å². The van der Waals surface area contributed by atoms with Crippen molar-refractivity contribution in [1.82, 2.24) is 21.3 Å². The van der Waals surface area contributed by atoms with Crippen molar-refractivity contribution in [1.29, 1.82) is 0 Å². The Hall–Kier alpha value is -3.76. The molecule has 9 heterocycles. The number of carbonyl (C=O) groups excluding carboxylic acids is 4. The Morgan fingerprint density at radius 2 is 0.559 bits per heavy atom. The fraction of sp³-hybridized carbons (Fsp3) is 0.935. The van der Waals surface area contributed by atoms with Crippen LogP contribution in [0.5, 0.6) is 0 Å². The van der Waals surface area contributed by atoms with Crippen LogP contribution < -0.4 is 21.3 Å². The fourth-order valence-corrected chi connectivity index (χ4v) is 14.3. The van der Waals surface area contributed by atoms with Gasteiger partial charge in [0.25, 0.3) is 0 Å². The SMILES string of the molecule is CC(=O)N[C@@H]1[C@@H](O)[C@H](O[C@@H]2O[C@H](CO)[C@@H](O[C@@H]3O[C@H](CO[C@H]4O[C@H](CO)[C@@H](O)[C@H](O)[C@@H]4O[C@@H]4O[C@H](CO)[C@@H](O[C@@H]5O[C@H](CO)[C@H](O)[C@H](O)[C@H]5O)[C@H](O)[C@H]4NC(C)=O)[C@@H](O)[C@H](O[C@H]4O[C@H](CO)[C@@H](O)[C@H](O)[C@@H]4O[C@@H]4O[C@H](CO)[C@@H](O)[C@H](O)[C@H]4NC(C)=O)[C@@H]3O)[C@H](O)[C@H]2NC(C)=O)[C@@H](CO[C@H]2O[C@@H](C)[C@@H](O)[C@@H](O)[C@@H]2O)O[C@H]1O. The molecule has 49 nitrogen and oxygen atoms in total. The van der Waals surface area contributed by atoms with Gasteiger partial charge in [-0.15, -0.1) is 0 Å². The Morgan fingerprint density at radius 1 is 0.252 bits per heavy atom. The first-order valence-corrected chi connectivity index (χ1v) is 35.5. The molecule has 9 fully saturated rings. The van der Waals surface area contributed by atoms with E-state index in [9.17, 15) is 142 Å². The van der Waals surface area contributed by atoms with Crippen molar-refractivity contribution in [3.63, 3.8) is 0 Å². The summed E-state index contributed by atoms with van der Waals surface area (Å²) in [7, 11) is 0. The molecule has 9 aliphatic heterocycles. The number of rotatable bonds is 28. The van der Waals surface area contributed by atoms with Gasteiger partial charge in [-0.2, -0.15) is 0 Å². The van der Waals surface area contributed by atoms with E-state index in [0.29, 0.717) is 0 Å². The number of amides is 4. The van der Waals surface area contributed by atoms with Crippen LogP contribution in [-0.4, -0.2) is 475 Å². The number of nitrogens with one attached hydrogen (secondary N) is 4. The lowest BCUT2D eigenvalue weighted by Gasteiger charge is -2.51. The van der Waals surface area contributed by atoms with Crippen LogP contribution in [0.4, 0.5) is 0 Å². The van der Waals surface area contributed by atoms with Gasteiger partial charge in [0, 0.05) is 27.7 Å². The first-order chi connectivity index (χ1) is 52.4. The Labute approximate surface area is 629 Å². The number of aliphatic hydroxyl groups is 24. The topological polar surface area (TPSA) is 759 Å². The molecule has 642 valence electrons. The van der Waals surface area contributed by atoms with Gasteiger partial charge < -0.3 is 224 Å². The van der Waals surface area contributed by atoms with E-state index in [4.69, 9.17) is 80.5 Å². The molecule has 0 aliphatic carbocycles. The van der Waals surface area contributed by atoms with Gasteiger partial charge in [0.2, 0.25) is 23.6 Å². The average Bonchev–Trinajstić information content (AvgIpc) is 0.774. The molecular weight excluding hydrogens is 1520 g/mol. The summed E-state index contributed by atoms with van der Waals surface area (Å²) in [4.78, 5) is 50.9. The molecule has 9 rings (SSSR count).